The van der Waals surface area contributed by atoms with Crippen LogP contribution in [0.15, 0.2) is 23.6 Å². The average molecular weight is 327 g/mol. The summed E-state index contributed by atoms with van der Waals surface area (Å²) in [6.45, 7) is 4.53. The SMILES string of the molecule is C[C@@H]1CCCN(c2nc(-c3ccc4c(c3)CC(=O)N4C)cs2)C1. The third kappa shape index (κ3) is 2.63. The number of benzene rings is 1. The Morgan fingerprint density at radius 1 is 1.35 bits per heavy atom. The third-order valence-corrected chi connectivity index (χ3v) is 5.77. The predicted octanol–water partition coefficient (Wildman–Crippen LogP) is 3.57. The molecule has 0 saturated carbocycles. The smallest absolute Gasteiger partial charge is 0.231 e. The molecule has 0 unspecified atom stereocenters. The first-order valence-electron chi connectivity index (χ1n) is 8.22. The van der Waals surface area contributed by atoms with Crippen molar-refractivity contribution in [2.45, 2.75) is 26.2 Å². The van der Waals surface area contributed by atoms with Crippen LogP contribution >= 0.6 is 11.3 Å². The van der Waals surface area contributed by atoms with E-state index in [0.717, 1.165) is 46.6 Å². The molecule has 1 amide bonds. The topological polar surface area (TPSA) is 36.4 Å². The Morgan fingerprint density at radius 3 is 3.04 bits per heavy atom. The van der Waals surface area contributed by atoms with Gasteiger partial charge in [0.2, 0.25) is 5.91 Å². The second-order valence-electron chi connectivity index (χ2n) is 6.68. The van der Waals surface area contributed by atoms with E-state index >= 15 is 0 Å². The molecule has 23 heavy (non-hydrogen) atoms. The fourth-order valence-electron chi connectivity index (χ4n) is 3.53. The Bertz CT molecular complexity index is 754. The van der Waals surface area contributed by atoms with E-state index in [1.807, 2.05) is 13.1 Å². The zero-order chi connectivity index (χ0) is 16.0. The van der Waals surface area contributed by atoms with Crippen molar-refractivity contribution in [1.82, 2.24) is 4.98 Å². The van der Waals surface area contributed by atoms with Crippen molar-refractivity contribution < 1.29 is 4.79 Å². The number of nitrogens with zero attached hydrogens (tertiary/aromatic N) is 3. The number of fused-ring (bicyclic) bond motifs is 1. The predicted molar refractivity (Wildman–Crippen MR) is 95.3 cm³/mol. The maximum atomic E-state index is 11.8. The van der Waals surface area contributed by atoms with Gasteiger partial charge in [-0.3, -0.25) is 4.79 Å². The number of thiazole rings is 1. The molecule has 1 aromatic carbocycles. The fraction of sp³-hybridized carbons (Fsp3) is 0.444. The minimum Gasteiger partial charge on any atom is -0.348 e. The second-order valence-corrected chi connectivity index (χ2v) is 7.52. The van der Waals surface area contributed by atoms with Gasteiger partial charge in [0.15, 0.2) is 5.13 Å². The van der Waals surface area contributed by atoms with E-state index < -0.39 is 0 Å². The molecule has 4 rings (SSSR count). The Morgan fingerprint density at radius 2 is 2.22 bits per heavy atom. The largest absolute Gasteiger partial charge is 0.348 e. The van der Waals surface area contributed by atoms with Gasteiger partial charge < -0.3 is 9.80 Å². The van der Waals surface area contributed by atoms with Crippen molar-refractivity contribution >= 4 is 28.1 Å². The molecule has 1 saturated heterocycles. The van der Waals surface area contributed by atoms with Gasteiger partial charge in [0.05, 0.1) is 12.1 Å². The van der Waals surface area contributed by atoms with Crippen LogP contribution in [0.3, 0.4) is 0 Å². The number of likely N-dealkylation sites (N-methyl/N-ethyl adjacent to an activating group) is 1. The molecule has 0 radical (unpaired) electrons. The average Bonchev–Trinajstić information content (AvgIpc) is 3.13. The summed E-state index contributed by atoms with van der Waals surface area (Å²) in [6, 6.07) is 6.23. The van der Waals surface area contributed by atoms with Crippen LogP contribution in [-0.4, -0.2) is 31.0 Å². The summed E-state index contributed by atoms with van der Waals surface area (Å²) < 4.78 is 0. The highest BCUT2D eigenvalue weighted by molar-refractivity contribution is 7.14. The molecule has 2 aliphatic heterocycles. The van der Waals surface area contributed by atoms with Gasteiger partial charge in [0.1, 0.15) is 0 Å². The number of hydrogen-bond donors (Lipinski definition) is 0. The standard InChI is InChI=1S/C18H21N3OS/c1-12-4-3-7-21(10-12)18-19-15(11-23-18)13-5-6-16-14(8-13)9-17(22)20(16)2/h5-6,8,11-12H,3-4,7,9-10H2,1-2H3/t12-/m1/s1. The molecule has 0 N–H and O–H groups in total. The minimum absolute atomic E-state index is 0.165. The van der Waals surface area contributed by atoms with Gasteiger partial charge in [-0.25, -0.2) is 4.98 Å². The molecule has 5 heteroatoms. The maximum absolute atomic E-state index is 11.8. The van der Waals surface area contributed by atoms with E-state index in [1.165, 1.54) is 12.8 Å². The molecule has 0 spiro atoms. The molecule has 120 valence electrons. The molecule has 3 heterocycles. The summed E-state index contributed by atoms with van der Waals surface area (Å²) in [5.74, 6) is 0.913. The fourth-order valence-corrected chi connectivity index (χ4v) is 4.41. The van der Waals surface area contributed by atoms with Gasteiger partial charge in [-0.05, 0) is 36.5 Å². The Hall–Kier alpha value is -1.88. The number of hydrogen-bond acceptors (Lipinski definition) is 4. The van der Waals surface area contributed by atoms with E-state index in [0.29, 0.717) is 6.42 Å². The van der Waals surface area contributed by atoms with Gasteiger partial charge in [-0.15, -0.1) is 11.3 Å². The van der Waals surface area contributed by atoms with Crippen LogP contribution in [0.4, 0.5) is 10.8 Å². The van der Waals surface area contributed by atoms with Crippen LogP contribution in [0.1, 0.15) is 25.3 Å². The molecule has 0 aliphatic carbocycles. The van der Waals surface area contributed by atoms with Crippen LogP contribution in [0.2, 0.25) is 0 Å². The minimum atomic E-state index is 0.165. The summed E-state index contributed by atoms with van der Waals surface area (Å²) in [7, 11) is 1.84. The normalized spacial score (nSPS) is 21.0. The van der Waals surface area contributed by atoms with Gasteiger partial charge in [0.25, 0.3) is 0 Å². The summed E-state index contributed by atoms with van der Waals surface area (Å²) in [6.07, 6.45) is 3.07. The Labute approximate surface area is 140 Å². The summed E-state index contributed by atoms with van der Waals surface area (Å²) in [5.41, 5.74) is 4.27. The molecule has 1 aromatic heterocycles. The van der Waals surface area contributed by atoms with Crippen LogP contribution in [-0.2, 0) is 11.2 Å². The first kappa shape index (κ1) is 14.7. The van der Waals surface area contributed by atoms with E-state index in [9.17, 15) is 4.79 Å². The summed E-state index contributed by atoms with van der Waals surface area (Å²) in [5, 5.41) is 3.26. The monoisotopic (exact) mass is 327 g/mol. The van der Waals surface area contributed by atoms with E-state index in [2.05, 4.69) is 29.3 Å². The lowest BCUT2D eigenvalue weighted by Crippen LogP contribution is -2.34. The molecule has 2 aromatic rings. The highest BCUT2D eigenvalue weighted by Gasteiger charge is 2.25. The van der Waals surface area contributed by atoms with Crippen molar-refractivity contribution in [3.05, 3.63) is 29.1 Å². The zero-order valence-corrected chi connectivity index (χ0v) is 14.4. The number of amides is 1. The van der Waals surface area contributed by atoms with E-state index in [1.54, 1.807) is 16.2 Å². The number of aromatic nitrogens is 1. The first-order chi connectivity index (χ1) is 11.1. The van der Waals surface area contributed by atoms with Crippen molar-refractivity contribution in [2.75, 3.05) is 29.9 Å². The number of rotatable bonds is 2. The van der Waals surface area contributed by atoms with Crippen molar-refractivity contribution in [1.29, 1.82) is 0 Å². The molecule has 0 bridgehead atoms. The van der Waals surface area contributed by atoms with Gasteiger partial charge in [0, 0.05) is 36.8 Å². The quantitative estimate of drug-likeness (QED) is 0.846. The third-order valence-electron chi connectivity index (χ3n) is 4.87. The van der Waals surface area contributed by atoms with Crippen LogP contribution < -0.4 is 9.80 Å². The molecule has 1 atom stereocenters. The molecule has 2 aliphatic rings. The Kier molecular flexibility index (Phi) is 3.60. The summed E-state index contributed by atoms with van der Waals surface area (Å²) in [4.78, 5) is 20.8. The van der Waals surface area contributed by atoms with Crippen LogP contribution in [0, 0.1) is 5.92 Å². The van der Waals surface area contributed by atoms with Gasteiger partial charge in [-0.2, -0.15) is 0 Å². The second kappa shape index (κ2) is 5.64. The molecule has 1 fully saturated rings. The highest BCUT2D eigenvalue weighted by Crippen LogP contribution is 2.34. The summed E-state index contributed by atoms with van der Waals surface area (Å²) >= 11 is 1.72. The first-order valence-corrected chi connectivity index (χ1v) is 9.10. The lowest BCUT2D eigenvalue weighted by molar-refractivity contribution is -0.117. The zero-order valence-electron chi connectivity index (χ0n) is 13.6. The number of carbonyl (C=O) groups is 1. The van der Waals surface area contributed by atoms with E-state index in [4.69, 9.17) is 4.98 Å². The lowest BCUT2D eigenvalue weighted by Gasteiger charge is -2.30. The van der Waals surface area contributed by atoms with Crippen molar-refractivity contribution in [3.63, 3.8) is 0 Å². The molecular weight excluding hydrogens is 306 g/mol. The number of anilines is 2. The lowest BCUT2D eigenvalue weighted by atomic mass is 10.0. The molecular formula is C18H21N3OS. The van der Waals surface area contributed by atoms with E-state index in [-0.39, 0.29) is 5.91 Å². The maximum Gasteiger partial charge on any atom is 0.231 e. The van der Waals surface area contributed by atoms with Crippen molar-refractivity contribution in [3.8, 4) is 11.3 Å². The van der Waals surface area contributed by atoms with Crippen LogP contribution in [0.5, 0.6) is 0 Å². The Balaban J connectivity index is 1.60. The van der Waals surface area contributed by atoms with Crippen LogP contribution in [0.25, 0.3) is 11.3 Å². The molecule has 4 nitrogen and oxygen atoms in total. The highest BCUT2D eigenvalue weighted by atomic mass is 32.1. The van der Waals surface area contributed by atoms with Gasteiger partial charge >= 0.3 is 0 Å². The van der Waals surface area contributed by atoms with Crippen molar-refractivity contribution in [2.24, 2.45) is 5.92 Å². The van der Waals surface area contributed by atoms with Gasteiger partial charge in [-0.1, -0.05) is 13.0 Å². The number of carbonyl (C=O) groups excluding carboxylic acids is 1. The number of piperidine rings is 1.